The first-order chi connectivity index (χ1) is 20.7. The minimum atomic E-state index is -4.86. The fourth-order valence-electron chi connectivity index (χ4n) is 4.49. The fourth-order valence-corrected chi connectivity index (χ4v) is 4.49. The number of nitrogens with two attached hydrogens (primary N) is 1. The number of benzene rings is 3. The Bertz CT molecular complexity index is 1820. The number of rotatable bonds is 9. The average Bonchev–Trinajstić information content (AvgIpc) is 2.98. The SMILES string of the molecule is CN[C@@H](C)C(=O)Nc1cnc(-c2cccc(C(N)=O)c2C)n(Cc2cc(C(=O)c3ccc(F)cc3)cc(C(F)(F)F)c2)c1=O. The quantitative estimate of drug-likeness (QED) is 0.191. The standard InChI is InChI=1S/C31H27F4N5O4/c1-16-23(27(36)42)5-4-6-24(16)28-38-14-25(39-29(43)17(2)37-3)30(44)40(28)15-18-11-20(13-21(12-18)31(33,34)35)26(41)19-7-9-22(32)10-8-19/h4-14,17,37H,15H2,1-3H3,(H2,36,42)(H,39,43)/t17-/m0/s1. The molecule has 9 nitrogen and oxygen atoms in total. The number of ketones is 1. The first-order valence-electron chi connectivity index (χ1n) is 13.2. The Balaban J connectivity index is 1.92. The molecule has 2 amide bonds. The van der Waals surface area contributed by atoms with E-state index >= 15 is 0 Å². The molecule has 0 radical (unpaired) electrons. The van der Waals surface area contributed by atoms with Crippen LogP contribution in [0.15, 0.2) is 71.7 Å². The molecule has 4 rings (SSSR count). The van der Waals surface area contributed by atoms with Crippen molar-refractivity contribution in [2.24, 2.45) is 5.73 Å². The van der Waals surface area contributed by atoms with Crippen molar-refractivity contribution in [1.29, 1.82) is 0 Å². The number of likely N-dealkylation sites (N-methyl/N-ethyl adjacent to an activating group) is 1. The maximum atomic E-state index is 14.0. The normalized spacial score (nSPS) is 12.1. The third kappa shape index (κ3) is 6.73. The number of alkyl halides is 3. The van der Waals surface area contributed by atoms with Crippen LogP contribution >= 0.6 is 0 Å². The van der Waals surface area contributed by atoms with E-state index in [-0.39, 0.29) is 39.3 Å². The minimum absolute atomic E-state index is 0.0286. The average molecular weight is 610 g/mol. The molecule has 0 spiro atoms. The smallest absolute Gasteiger partial charge is 0.366 e. The predicted octanol–water partition coefficient (Wildman–Crippen LogP) is 4.30. The summed E-state index contributed by atoms with van der Waals surface area (Å²) in [4.78, 5) is 55.8. The van der Waals surface area contributed by atoms with Crippen molar-refractivity contribution < 1.29 is 31.9 Å². The van der Waals surface area contributed by atoms with Crippen LogP contribution in [0.5, 0.6) is 0 Å². The van der Waals surface area contributed by atoms with E-state index in [0.717, 1.165) is 41.1 Å². The largest absolute Gasteiger partial charge is 0.416 e. The zero-order valence-corrected chi connectivity index (χ0v) is 23.8. The molecule has 0 aliphatic heterocycles. The Kier molecular flexibility index (Phi) is 9.09. The highest BCUT2D eigenvalue weighted by atomic mass is 19.4. The molecule has 4 N–H and O–H groups in total. The van der Waals surface area contributed by atoms with E-state index in [9.17, 15) is 36.7 Å². The van der Waals surface area contributed by atoms with Crippen molar-refractivity contribution in [3.8, 4) is 11.4 Å². The second kappa shape index (κ2) is 12.6. The van der Waals surface area contributed by atoms with E-state index in [1.165, 1.54) is 25.2 Å². The van der Waals surface area contributed by atoms with Gasteiger partial charge in [0.15, 0.2) is 5.78 Å². The molecule has 3 aromatic carbocycles. The van der Waals surface area contributed by atoms with Crippen molar-refractivity contribution in [3.05, 3.63) is 116 Å². The summed E-state index contributed by atoms with van der Waals surface area (Å²) >= 11 is 0. The van der Waals surface area contributed by atoms with E-state index in [1.54, 1.807) is 19.9 Å². The number of hydrogen-bond acceptors (Lipinski definition) is 6. The second-order valence-corrected chi connectivity index (χ2v) is 9.98. The zero-order chi connectivity index (χ0) is 32.3. The van der Waals surface area contributed by atoms with Gasteiger partial charge in [-0.15, -0.1) is 0 Å². The number of carbonyl (C=O) groups is 3. The molecule has 0 aliphatic carbocycles. The van der Waals surface area contributed by atoms with Crippen LogP contribution in [0, 0.1) is 12.7 Å². The van der Waals surface area contributed by atoms with Gasteiger partial charge in [0.1, 0.15) is 17.3 Å². The zero-order valence-electron chi connectivity index (χ0n) is 23.8. The molecule has 4 aromatic rings. The maximum Gasteiger partial charge on any atom is 0.416 e. The Morgan fingerprint density at radius 2 is 1.70 bits per heavy atom. The van der Waals surface area contributed by atoms with Crippen LogP contribution < -0.4 is 21.9 Å². The molecule has 0 fully saturated rings. The van der Waals surface area contributed by atoms with Gasteiger partial charge in [0.25, 0.3) is 5.56 Å². The van der Waals surface area contributed by atoms with Crippen LogP contribution in [-0.2, 0) is 17.5 Å². The number of carbonyl (C=O) groups excluding carboxylic acids is 3. The lowest BCUT2D eigenvalue weighted by Gasteiger charge is -2.18. The van der Waals surface area contributed by atoms with E-state index in [4.69, 9.17) is 5.73 Å². The predicted molar refractivity (Wildman–Crippen MR) is 155 cm³/mol. The summed E-state index contributed by atoms with van der Waals surface area (Å²) in [6, 6.07) is 10.8. The van der Waals surface area contributed by atoms with Gasteiger partial charge in [0.05, 0.1) is 24.3 Å². The molecular weight excluding hydrogens is 582 g/mol. The summed E-state index contributed by atoms with van der Waals surface area (Å²) in [5.41, 5.74) is 3.58. The summed E-state index contributed by atoms with van der Waals surface area (Å²) in [6.07, 6.45) is -3.74. The van der Waals surface area contributed by atoms with Gasteiger partial charge in [-0.05, 0) is 80.6 Å². The van der Waals surface area contributed by atoms with Crippen molar-refractivity contribution in [1.82, 2.24) is 14.9 Å². The van der Waals surface area contributed by atoms with Gasteiger partial charge in [0, 0.05) is 22.3 Å². The van der Waals surface area contributed by atoms with Crippen LogP contribution in [0.1, 0.15) is 49.9 Å². The fraction of sp³-hybridized carbons (Fsp3) is 0.194. The van der Waals surface area contributed by atoms with E-state index < -0.39 is 53.3 Å². The molecule has 0 bridgehead atoms. The second-order valence-electron chi connectivity index (χ2n) is 9.98. The highest BCUT2D eigenvalue weighted by Crippen LogP contribution is 2.32. The molecule has 0 saturated heterocycles. The Morgan fingerprint density at radius 3 is 2.32 bits per heavy atom. The monoisotopic (exact) mass is 609 g/mol. The van der Waals surface area contributed by atoms with Crippen molar-refractivity contribution in [3.63, 3.8) is 0 Å². The highest BCUT2D eigenvalue weighted by Gasteiger charge is 2.32. The summed E-state index contributed by atoms with van der Waals surface area (Å²) in [5, 5.41) is 5.19. The molecule has 1 aromatic heterocycles. The molecule has 44 heavy (non-hydrogen) atoms. The third-order valence-electron chi connectivity index (χ3n) is 7.00. The highest BCUT2D eigenvalue weighted by molar-refractivity contribution is 6.09. The maximum absolute atomic E-state index is 14.0. The van der Waals surface area contributed by atoms with E-state index in [2.05, 4.69) is 15.6 Å². The number of primary amides is 1. The molecule has 0 saturated carbocycles. The number of anilines is 1. The van der Waals surface area contributed by atoms with Gasteiger partial charge in [-0.3, -0.25) is 23.7 Å². The van der Waals surface area contributed by atoms with Crippen LogP contribution in [0.2, 0.25) is 0 Å². The molecule has 228 valence electrons. The summed E-state index contributed by atoms with van der Waals surface area (Å²) in [5.74, 6) is -2.76. The number of hydrogen-bond donors (Lipinski definition) is 3. The van der Waals surface area contributed by atoms with Crippen molar-refractivity contribution in [2.45, 2.75) is 32.6 Å². The van der Waals surface area contributed by atoms with Crippen LogP contribution in [0.4, 0.5) is 23.2 Å². The lowest BCUT2D eigenvalue weighted by Crippen LogP contribution is -2.38. The topological polar surface area (TPSA) is 136 Å². The number of halogens is 4. The van der Waals surface area contributed by atoms with Crippen molar-refractivity contribution >= 4 is 23.3 Å². The van der Waals surface area contributed by atoms with Gasteiger partial charge in [-0.25, -0.2) is 9.37 Å². The Hall–Kier alpha value is -5.17. The van der Waals surface area contributed by atoms with E-state index in [1.807, 2.05) is 0 Å². The minimum Gasteiger partial charge on any atom is -0.366 e. The van der Waals surface area contributed by atoms with Crippen LogP contribution in [-0.4, -0.2) is 40.2 Å². The first kappa shape index (κ1) is 31.8. The number of amides is 2. The summed E-state index contributed by atoms with van der Waals surface area (Å²) in [6.45, 7) is 2.61. The third-order valence-corrected chi connectivity index (χ3v) is 7.00. The molecule has 0 unspecified atom stereocenters. The summed E-state index contributed by atoms with van der Waals surface area (Å²) < 4.78 is 56.4. The molecular formula is C31H27F4N5O4. The Morgan fingerprint density at radius 1 is 1.02 bits per heavy atom. The van der Waals surface area contributed by atoms with Gasteiger partial charge in [-0.2, -0.15) is 13.2 Å². The summed E-state index contributed by atoms with van der Waals surface area (Å²) in [7, 11) is 1.54. The van der Waals surface area contributed by atoms with Gasteiger partial charge in [0.2, 0.25) is 11.8 Å². The molecule has 1 heterocycles. The van der Waals surface area contributed by atoms with Gasteiger partial charge in [-0.1, -0.05) is 12.1 Å². The van der Waals surface area contributed by atoms with E-state index in [0.29, 0.717) is 11.6 Å². The van der Waals surface area contributed by atoms with Gasteiger partial charge >= 0.3 is 6.18 Å². The molecule has 1 atom stereocenters. The number of nitrogens with zero attached hydrogens (tertiary/aromatic N) is 2. The molecule has 13 heteroatoms. The van der Waals surface area contributed by atoms with Gasteiger partial charge < -0.3 is 16.4 Å². The number of nitrogens with one attached hydrogen (secondary N) is 2. The number of aromatic nitrogens is 2. The molecule has 0 aliphatic rings. The lowest BCUT2D eigenvalue weighted by atomic mass is 9.98. The Labute approximate surface area is 248 Å². The first-order valence-corrected chi connectivity index (χ1v) is 13.2. The lowest BCUT2D eigenvalue weighted by molar-refractivity contribution is -0.137. The van der Waals surface area contributed by atoms with Crippen molar-refractivity contribution in [2.75, 3.05) is 12.4 Å². The van der Waals surface area contributed by atoms with Crippen LogP contribution in [0.25, 0.3) is 11.4 Å². The van der Waals surface area contributed by atoms with Crippen LogP contribution in [0.3, 0.4) is 0 Å².